The number of anilines is 1. The minimum absolute atomic E-state index is 0.126. The lowest BCUT2D eigenvalue weighted by molar-refractivity contribution is -0.115. The molecule has 2 heterocycles. The third-order valence-corrected chi connectivity index (χ3v) is 3.07. The molecule has 3 rings (SSSR count). The van der Waals surface area contributed by atoms with Gasteiger partial charge in [0.2, 0.25) is 5.91 Å². The Morgan fingerprint density at radius 1 is 1.13 bits per heavy atom. The molecule has 8 nitrogen and oxygen atoms in total. The Hall–Kier alpha value is -3.42. The molecule has 8 heteroatoms. The van der Waals surface area contributed by atoms with E-state index in [-0.39, 0.29) is 18.4 Å². The van der Waals surface area contributed by atoms with Crippen LogP contribution in [0.1, 0.15) is 10.5 Å². The monoisotopic (exact) mass is 310 g/mol. The summed E-state index contributed by atoms with van der Waals surface area (Å²) in [4.78, 5) is 23.5. The number of carbonyl (C=O) groups is 2. The molecule has 0 atom stereocenters. The van der Waals surface area contributed by atoms with Gasteiger partial charge < -0.3 is 10.6 Å². The third kappa shape index (κ3) is 3.62. The summed E-state index contributed by atoms with van der Waals surface area (Å²) < 4.78 is 1.72. The van der Waals surface area contributed by atoms with E-state index in [9.17, 15) is 9.59 Å². The second kappa shape index (κ2) is 6.56. The van der Waals surface area contributed by atoms with Crippen molar-refractivity contribution in [2.45, 2.75) is 0 Å². The number of rotatable bonds is 5. The number of H-pyrrole nitrogens is 1. The van der Waals surface area contributed by atoms with Crippen molar-refractivity contribution in [1.82, 2.24) is 25.3 Å². The summed E-state index contributed by atoms with van der Waals surface area (Å²) in [7, 11) is 0. The average Bonchev–Trinajstić information content (AvgIpc) is 3.26. The maximum Gasteiger partial charge on any atom is 0.269 e. The molecule has 3 N–H and O–H groups in total. The summed E-state index contributed by atoms with van der Waals surface area (Å²) in [6, 6.07) is 10.6. The van der Waals surface area contributed by atoms with E-state index in [1.807, 2.05) is 24.4 Å². The summed E-state index contributed by atoms with van der Waals surface area (Å²) in [5.41, 5.74) is 1.84. The molecule has 0 aliphatic carbocycles. The Labute approximate surface area is 131 Å². The molecule has 0 aliphatic rings. The van der Waals surface area contributed by atoms with Crippen molar-refractivity contribution in [3.8, 4) is 5.69 Å². The predicted molar refractivity (Wildman–Crippen MR) is 83.1 cm³/mol. The van der Waals surface area contributed by atoms with E-state index in [2.05, 4.69) is 25.9 Å². The Morgan fingerprint density at radius 2 is 1.96 bits per heavy atom. The van der Waals surface area contributed by atoms with E-state index in [1.165, 1.54) is 12.3 Å². The Balaban J connectivity index is 1.53. The minimum atomic E-state index is -0.383. The molecule has 0 unspecified atom stereocenters. The molecule has 0 bridgehead atoms. The Bertz CT molecular complexity index is 778. The van der Waals surface area contributed by atoms with Gasteiger partial charge in [0.25, 0.3) is 5.91 Å². The number of hydrogen-bond donors (Lipinski definition) is 3. The highest BCUT2D eigenvalue weighted by Gasteiger charge is 2.09. The van der Waals surface area contributed by atoms with Crippen molar-refractivity contribution in [3.63, 3.8) is 0 Å². The van der Waals surface area contributed by atoms with Crippen LogP contribution in [0, 0.1) is 0 Å². The molecular weight excluding hydrogens is 296 g/mol. The van der Waals surface area contributed by atoms with Crippen LogP contribution in [0.3, 0.4) is 0 Å². The lowest BCUT2D eigenvalue weighted by atomic mass is 10.3. The van der Waals surface area contributed by atoms with Gasteiger partial charge in [-0.1, -0.05) is 0 Å². The normalized spacial score (nSPS) is 10.3. The summed E-state index contributed by atoms with van der Waals surface area (Å²) in [5.74, 6) is -0.698. The zero-order chi connectivity index (χ0) is 16.1. The highest BCUT2D eigenvalue weighted by Crippen LogP contribution is 2.12. The zero-order valence-corrected chi connectivity index (χ0v) is 12.1. The van der Waals surface area contributed by atoms with E-state index in [0.717, 1.165) is 5.69 Å². The molecule has 0 saturated heterocycles. The maximum absolute atomic E-state index is 11.8. The number of amides is 2. The largest absolute Gasteiger partial charge is 0.342 e. The van der Waals surface area contributed by atoms with Gasteiger partial charge in [-0.25, -0.2) is 4.68 Å². The molecule has 23 heavy (non-hydrogen) atoms. The molecule has 2 aromatic heterocycles. The summed E-state index contributed by atoms with van der Waals surface area (Å²) in [6.07, 6.45) is 4.99. The Kier molecular flexibility index (Phi) is 4.14. The second-order valence-electron chi connectivity index (χ2n) is 4.70. The molecule has 0 radical (unpaired) electrons. The van der Waals surface area contributed by atoms with Gasteiger partial charge in [0, 0.05) is 24.3 Å². The highest BCUT2D eigenvalue weighted by atomic mass is 16.2. The number of nitrogens with zero attached hydrogens (tertiary/aromatic N) is 3. The van der Waals surface area contributed by atoms with E-state index in [0.29, 0.717) is 11.4 Å². The lowest BCUT2D eigenvalue weighted by Gasteiger charge is -2.07. The van der Waals surface area contributed by atoms with Crippen LogP contribution in [-0.2, 0) is 4.79 Å². The fourth-order valence-corrected chi connectivity index (χ4v) is 1.96. The smallest absolute Gasteiger partial charge is 0.269 e. The van der Waals surface area contributed by atoms with Crippen molar-refractivity contribution < 1.29 is 9.59 Å². The summed E-state index contributed by atoms with van der Waals surface area (Å²) in [5, 5.41) is 15.5. The molecule has 0 saturated carbocycles. The topological polar surface area (TPSA) is 105 Å². The molecule has 0 spiro atoms. The van der Waals surface area contributed by atoms with Crippen LogP contribution in [0.15, 0.2) is 55.0 Å². The summed E-state index contributed by atoms with van der Waals surface area (Å²) >= 11 is 0. The van der Waals surface area contributed by atoms with E-state index >= 15 is 0 Å². The van der Waals surface area contributed by atoms with Gasteiger partial charge in [0.1, 0.15) is 5.69 Å². The van der Waals surface area contributed by atoms with Crippen molar-refractivity contribution in [1.29, 1.82) is 0 Å². The molecule has 1 aromatic carbocycles. The minimum Gasteiger partial charge on any atom is -0.342 e. The highest BCUT2D eigenvalue weighted by molar-refractivity contribution is 5.98. The first-order valence-corrected chi connectivity index (χ1v) is 6.90. The van der Waals surface area contributed by atoms with Crippen molar-refractivity contribution >= 4 is 17.5 Å². The van der Waals surface area contributed by atoms with E-state index in [1.54, 1.807) is 23.0 Å². The van der Waals surface area contributed by atoms with Crippen LogP contribution >= 0.6 is 0 Å². The fourth-order valence-electron chi connectivity index (χ4n) is 1.96. The molecule has 3 aromatic rings. The first kappa shape index (κ1) is 14.5. The third-order valence-electron chi connectivity index (χ3n) is 3.07. The maximum atomic E-state index is 11.8. The van der Waals surface area contributed by atoms with Gasteiger partial charge in [0.05, 0.1) is 12.2 Å². The molecule has 0 aliphatic heterocycles. The quantitative estimate of drug-likeness (QED) is 0.653. The van der Waals surface area contributed by atoms with Crippen LogP contribution in [-0.4, -0.2) is 38.3 Å². The van der Waals surface area contributed by atoms with Crippen LogP contribution in [0.4, 0.5) is 5.69 Å². The van der Waals surface area contributed by atoms with Gasteiger partial charge in [-0.2, -0.15) is 10.2 Å². The molecule has 116 valence electrons. The lowest BCUT2D eigenvalue weighted by Crippen LogP contribution is -2.33. The van der Waals surface area contributed by atoms with Gasteiger partial charge in [-0.15, -0.1) is 0 Å². The van der Waals surface area contributed by atoms with Crippen LogP contribution < -0.4 is 10.6 Å². The number of benzene rings is 1. The van der Waals surface area contributed by atoms with Gasteiger partial charge in [-0.3, -0.25) is 14.7 Å². The predicted octanol–water partition coefficient (Wildman–Crippen LogP) is 0.964. The van der Waals surface area contributed by atoms with Gasteiger partial charge >= 0.3 is 0 Å². The molecule has 0 fully saturated rings. The number of nitrogens with one attached hydrogen (secondary N) is 3. The number of aromatic amines is 1. The summed E-state index contributed by atoms with van der Waals surface area (Å²) in [6.45, 7) is -0.126. The zero-order valence-electron chi connectivity index (χ0n) is 12.1. The number of carbonyl (C=O) groups excluding carboxylic acids is 2. The van der Waals surface area contributed by atoms with Crippen LogP contribution in [0.5, 0.6) is 0 Å². The van der Waals surface area contributed by atoms with Crippen LogP contribution in [0.2, 0.25) is 0 Å². The fraction of sp³-hybridized carbons (Fsp3) is 0.0667. The molecule has 2 amide bonds. The van der Waals surface area contributed by atoms with Crippen molar-refractivity contribution in [2.75, 3.05) is 11.9 Å². The molecular formula is C15H14N6O2. The number of aromatic nitrogens is 4. The van der Waals surface area contributed by atoms with Gasteiger partial charge in [-0.05, 0) is 36.4 Å². The second-order valence-corrected chi connectivity index (χ2v) is 4.70. The van der Waals surface area contributed by atoms with E-state index in [4.69, 9.17) is 0 Å². The SMILES string of the molecule is O=C(CNC(=O)c1ccn[nH]1)Nc1ccc(-n2cccn2)cc1. The van der Waals surface area contributed by atoms with E-state index < -0.39 is 0 Å². The van der Waals surface area contributed by atoms with Gasteiger partial charge in [0.15, 0.2) is 0 Å². The number of hydrogen-bond acceptors (Lipinski definition) is 4. The van der Waals surface area contributed by atoms with Crippen molar-refractivity contribution in [3.05, 3.63) is 60.7 Å². The van der Waals surface area contributed by atoms with Crippen molar-refractivity contribution in [2.24, 2.45) is 0 Å². The first-order chi connectivity index (χ1) is 11.2. The average molecular weight is 310 g/mol. The first-order valence-electron chi connectivity index (χ1n) is 6.90. The van der Waals surface area contributed by atoms with Crippen LogP contribution in [0.25, 0.3) is 5.69 Å². The Morgan fingerprint density at radius 3 is 2.61 bits per heavy atom. The standard InChI is InChI=1S/C15H14N6O2/c22-14(10-16-15(23)13-6-8-17-20-13)19-11-2-4-12(5-3-11)21-9-1-7-18-21/h1-9H,10H2,(H,16,23)(H,17,20)(H,19,22).